The molecular formula is C10H8O2S. The van der Waals surface area contributed by atoms with Gasteiger partial charge < -0.3 is 5.11 Å². The SMILES string of the molecule is Cc1csc2ccc(C(=O)O)cc12. The molecule has 0 radical (unpaired) electrons. The van der Waals surface area contributed by atoms with Crippen LogP contribution in [-0.2, 0) is 0 Å². The second kappa shape index (κ2) is 2.85. The van der Waals surface area contributed by atoms with Crippen molar-refractivity contribution in [2.75, 3.05) is 0 Å². The maximum atomic E-state index is 10.7. The maximum absolute atomic E-state index is 10.7. The van der Waals surface area contributed by atoms with E-state index in [9.17, 15) is 4.79 Å². The standard InChI is InChI=1S/C10H8O2S/c1-6-5-13-9-3-2-7(10(11)12)4-8(6)9/h2-5H,1H3,(H,11,12). The number of benzene rings is 1. The van der Waals surface area contributed by atoms with Crippen LogP contribution in [0.25, 0.3) is 10.1 Å². The van der Waals surface area contributed by atoms with Crippen molar-refractivity contribution < 1.29 is 9.90 Å². The summed E-state index contributed by atoms with van der Waals surface area (Å²) in [4.78, 5) is 10.7. The highest BCUT2D eigenvalue weighted by molar-refractivity contribution is 7.17. The highest BCUT2D eigenvalue weighted by Crippen LogP contribution is 2.26. The number of aromatic carboxylic acids is 1. The molecule has 0 saturated heterocycles. The molecule has 0 aliphatic carbocycles. The zero-order chi connectivity index (χ0) is 9.42. The number of hydrogen-bond acceptors (Lipinski definition) is 2. The minimum Gasteiger partial charge on any atom is -0.478 e. The zero-order valence-electron chi connectivity index (χ0n) is 7.07. The molecular weight excluding hydrogens is 184 g/mol. The predicted molar refractivity (Wildman–Crippen MR) is 53.5 cm³/mol. The summed E-state index contributed by atoms with van der Waals surface area (Å²) in [5, 5.41) is 11.9. The van der Waals surface area contributed by atoms with Gasteiger partial charge in [-0.05, 0) is 41.5 Å². The molecule has 0 unspecified atom stereocenters. The van der Waals surface area contributed by atoms with Gasteiger partial charge >= 0.3 is 5.97 Å². The van der Waals surface area contributed by atoms with Gasteiger partial charge in [-0.15, -0.1) is 11.3 Å². The molecule has 1 aromatic heterocycles. The van der Waals surface area contributed by atoms with E-state index in [2.05, 4.69) is 0 Å². The molecule has 1 aromatic carbocycles. The van der Waals surface area contributed by atoms with Crippen LogP contribution in [0, 0.1) is 6.92 Å². The van der Waals surface area contributed by atoms with Crippen molar-refractivity contribution in [3.05, 3.63) is 34.7 Å². The largest absolute Gasteiger partial charge is 0.478 e. The molecule has 13 heavy (non-hydrogen) atoms. The molecule has 2 aromatic rings. The van der Waals surface area contributed by atoms with Gasteiger partial charge in [0.2, 0.25) is 0 Å². The van der Waals surface area contributed by atoms with E-state index in [4.69, 9.17) is 5.11 Å². The van der Waals surface area contributed by atoms with Crippen molar-refractivity contribution in [3.63, 3.8) is 0 Å². The number of aryl methyl sites for hydroxylation is 1. The highest BCUT2D eigenvalue weighted by Gasteiger charge is 2.05. The van der Waals surface area contributed by atoms with E-state index in [1.807, 2.05) is 18.4 Å². The van der Waals surface area contributed by atoms with Crippen molar-refractivity contribution in [2.45, 2.75) is 6.92 Å². The van der Waals surface area contributed by atoms with E-state index >= 15 is 0 Å². The van der Waals surface area contributed by atoms with Crippen molar-refractivity contribution in [1.82, 2.24) is 0 Å². The Kier molecular flexibility index (Phi) is 1.81. The predicted octanol–water partition coefficient (Wildman–Crippen LogP) is 2.91. The molecule has 0 saturated carbocycles. The average Bonchev–Trinajstić information content (AvgIpc) is 2.47. The fourth-order valence-electron chi connectivity index (χ4n) is 1.29. The topological polar surface area (TPSA) is 37.3 Å². The third-order valence-electron chi connectivity index (χ3n) is 2.01. The van der Waals surface area contributed by atoms with E-state index in [1.54, 1.807) is 23.5 Å². The summed E-state index contributed by atoms with van der Waals surface area (Å²) in [5.41, 5.74) is 1.50. The van der Waals surface area contributed by atoms with Gasteiger partial charge in [0.25, 0.3) is 0 Å². The molecule has 2 rings (SSSR count). The summed E-state index contributed by atoms with van der Waals surface area (Å²) >= 11 is 1.64. The van der Waals surface area contributed by atoms with Crippen LogP contribution in [0.4, 0.5) is 0 Å². The van der Waals surface area contributed by atoms with Gasteiger partial charge in [-0.2, -0.15) is 0 Å². The fourth-order valence-corrected chi connectivity index (χ4v) is 2.21. The quantitative estimate of drug-likeness (QED) is 0.754. The molecule has 0 aliphatic rings. The highest BCUT2D eigenvalue weighted by atomic mass is 32.1. The number of thiophene rings is 1. The van der Waals surface area contributed by atoms with Crippen LogP contribution in [-0.4, -0.2) is 11.1 Å². The Labute approximate surface area is 79.4 Å². The molecule has 66 valence electrons. The first kappa shape index (κ1) is 8.26. The summed E-state index contributed by atoms with van der Waals surface area (Å²) in [6.45, 7) is 1.99. The van der Waals surface area contributed by atoms with Crippen LogP contribution in [0.2, 0.25) is 0 Å². The lowest BCUT2D eigenvalue weighted by molar-refractivity contribution is 0.0697. The van der Waals surface area contributed by atoms with Gasteiger partial charge in [-0.1, -0.05) is 0 Å². The molecule has 1 N–H and O–H groups in total. The molecule has 3 heteroatoms. The first-order valence-electron chi connectivity index (χ1n) is 3.89. The normalized spacial score (nSPS) is 10.5. The second-order valence-corrected chi connectivity index (χ2v) is 3.85. The molecule has 0 fully saturated rings. The van der Waals surface area contributed by atoms with Gasteiger partial charge in [0, 0.05) is 4.70 Å². The molecule has 0 spiro atoms. The number of hydrogen-bond donors (Lipinski definition) is 1. The van der Waals surface area contributed by atoms with Crippen molar-refractivity contribution >= 4 is 27.4 Å². The molecule has 0 atom stereocenters. The number of rotatable bonds is 1. The second-order valence-electron chi connectivity index (χ2n) is 2.93. The van der Waals surface area contributed by atoms with E-state index in [1.165, 1.54) is 0 Å². The first-order chi connectivity index (χ1) is 6.18. The van der Waals surface area contributed by atoms with E-state index in [0.29, 0.717) is 5.56 Å². The Morgan fingerprint density at radius 3 is 2.92 bits per heavy atom. The van der Waals surface area contributed by atoms with Gasteiger partial charge in [0.05, 0.1) is 5.56 Å². The van der Waals surface area contributed by atoms with E-state index in [0.717, 1.165) is 15.6 Å². The lowest BCUT2D eigenvalue weighted by atomic mass is 10.1. The Balaban J connectivity index is 2.72. The molecule has 2 nitrogen and oxygen atoms in total. The van der Waals surface area contributed by atoms with Crippen LogP contribution >= 0.6 is 11.3 Å². The Hall–Kier alpha value is -1.35. The minimum atomic E-state index is -0.868. The zero-order valence-corrected chi connectivity index (χ0v) is 7.89. The third kappa shape index (κ3) is 1.31. The van der Waals surface area contributed by atoms with E-state index in [-0.39, 0.29) is 0 Å². The Bertz CT molecular complexity index is 471. The smallest absolute Gasteiger partial charge is 0.335 e. The van der Waals surface area contributed by atoms with Gasteiger partial charge in [0.1, 0.15) is 0 Å². The summed E-state index contributed by atoms with van der Waals surface area (Å²) in [6, 6.07) is 5.22. The lowest BCUT2D eigenvalue weighted by Gasteiger charge is -1.95. The Morgan fingerprint density at radius 2 is 2.23 bits per heavy atom. The summed E-state index contributed by atoms with van der Waals surface area (Å²) < 4.78 is 1.14. The molecule has 0 aliphatic heterocycles. The molecule has 1 heterocycles. The van der Waals surface area contributed by atoms with Crippen LogP contribution in [0.15, 0.2) is 23.6 Å². The van der Waals surface area contributed by atoms with Gasteiger partial charge in [-0.25, -0.2) is 4.79 Å². The number of carbonyl (C=O) groups is 1. The van der Waals surface area contributed by atoms with Crippen molar-refractivity contribution in [1.29, 1.82) is 0 Å². The molecule has 0 bridgehead atoms. The first-order valence-corrected chi connectivity index (χ1v) is 4.77. The summed E-state index contributed by atoms with van der Waals surface area (Å²) in [6.07, 6.45) is 0. The number of carboxylic acid groups (broad SMARTS) is 1. The summed E-state index contributed by atoms with van der Waals surface area (Å²) in [7, 11) is 0. The average molecular weight is 192 g/mol. The van der Waals surface area contributed by atoms with Crippen molar-refractivity contribution in [2.24, 2.45) is 0 Å². The van der Waals surface area contributed by atoms with Crippen LogP contribution in [0.5, 0.6) is 0 Å². The van der Waals surface area contributed by atoms with Gasteiger partial charge in [0.15, 0.2) is 0 Å². The maximum Gasteiger partial charge on any atom is 0.335 e. The fraction of sp³-hybridized carbons (Fsp3) is 0.100. The third-order valence-corrected chi connectivity index (χ3v) is 3.10. The number of carboxylic acids is 1. The van der Waals surface area contributed by atoms with Crippen LogP contribution in [0.1, 0.15) is 15.9 Å². The number of fused-ring (bicyclic) bond motifs is 1. The molecule has 0 amide bonds. The monoisotopic (exact) mass is 192 g/mol. The summed E-state index contributed by atoms with van der Waals surface area (Å²) in [5.74, 6) is -0.868. The Morgan fingerprint density at radius 1 is 1.46 bits per heavy atom. The van der Waals surface area contributed by atoms with Crippen LogP contribution in [0.3, 0.4) is 0 Å². The van der Waals surface area contributed by atoms with Crippen molar-refractivity contribution in [3.8, 4) is 0 Å². The minimum absolute atomic E-state index is 0.356. The van der Waals surface area contributed by atoms with E-state index < -0.39 is 5.97 Å². The van der Waals surface area contributed by atoms with Gasteiger partial charge in [-0.3, -0.25) is 0 Å². The van der Waals surface area contributed by atoms with Crippen LogP contribution < -0.4 is 0 Å². The lowest BCUT2D eigenvalue weighted by Crippen LogP contribution is -1.94.